The molecule has 1 aliphatic heterocycles. The molecule has 16 heavy (non-hydrogen) atoms. The first-order valence-electron chi connectivity index (χ1n) is 5.81. The van der Waals surface area contributed by atoms with Gasteiger partial charge in [0.2, 0.25) is 0 Å². The van der Waals surface area contributed by atoms with Crippen molar-refractivity contribution in [2.45, 2.75) is 19.9 Å². The summed E-state index contributed by atoms with van der Waals surface area (Å²) in [6.07, 6.45) is 1.77. The highest BCUT2D eigenvalue weighted by atomic mass is 35.5. The van der Waals surface area contributed by atoms with Crippen molar-refractivity contribution in [3.8, 4) is 0 Å². The number of hydrogen-bond acceptors (Lipinski definition) is 3. The van der Waals surface area contributed by atoms with Gasteiger partial charge in [0.05, 0.1) is 0 Å². The Labute approximate surface area is 102 Å². The standard InChI is InChI=1S/C12H18ClN3/c1-3-15-6-7-16(9-10(15)2)11-4-5-14-12(13)8-11/h4-5,8,10H,3,6-7,9H2,1-2H3. The van der Waals surface area contributed by atoms with Gasteiger partial charge in [0.1, 0.15) is 5.15 Å². The van der Waals surface area contributed by atoms with E-state index in [1.54, 1.807) is 6.20 Å². The Kier molecular flexibility index (Phi) is 3.66. The smallest absolute Gasteiger partial charge is 0.131 e. The number of piperazine rings is 1. The second-order valence-corrected chi connectivity index (χ2v) is 4.65. The van der Waals surface area contributed by atoms with Crippen LogP contribution in [0, 0.1) is 0 Å². The van der Waals surface area contributed by atoms with Crippen LogP contribution in [-0.4, -0.2) is 42.1 Å². The third-order valence-electron chi connectivity index (χ3n) is 3.25. The molecule has 2 rings (SSSR count). The number of rotatable bonds is 2. The second-order valence-electron chi connectivity index (χ2n) is 4.26. The molecular weight excluding hydrogens is 222 g/mol. The third-order valence-corrected chi connectivity index (χ3v) is 3.45. The second kappa shape index (κ2) is 5.02. The summed E-state index contributed by atoms with van der Waals surface area (Å²) in [7, 11) is 0. The van der Waals surface area contributed by atoms with Crippen LogP contribution in [0.3, 0.4) is 0 Å². The molecule has 1 saturated heterocycles. The van der Waals surface area contributed by atoms with Gasteiger partial charge in [0.15, 0.2) is 0 Å². The largest absolute Gasteiger partial charge is 0.369 e. The molecule has 2 heterocycles. The molecule has 1 aliphatic rings. The summed E-state index contributed by atoms with van der Waals surface area (Å²) in [5.41, 5.74) is 1.18. The lowest BCUT2D eigenvalue weighted by atomic mass is 10.2. The van der Waals surface area contributed by atoms with Crippen molar-refractivity contribution in [3.05, 3.63) is 23.5 Å². The maximum absolute atomic E-state index is 5.91. The summed E-state index contributed by atoms with van der Waals surface area (Å²) >= 11 is 5.91. The predicted octanol–water partition coefficient (Wildman–Crippen LogP) is 2.27. The molecule has 1 atom stereocenters. The van der Waals surface area contributed by atoms with Crippen molar-refractivity contribution < 1.29 is 0 Å². The summed E-state index contributed by atoms with van der Waals surface area (Å²) in [5.74, 6) is 0. The van der Waals surface area contributed by atoms with E-state index in [0.717, 1.165) is 26.2 Å². The van der Waals surface area contributed by atoms with Crippen LogP contribution in [0.5, 0.6) is 0 Å². The van der Waals surface area contributed by atoms with E-state index in [-0.39, 0.29) is 0 Å². The summed E-state index contributed by atoms with van der Waals surface area (Å²) in [5, 5.41) is 0.572. The molecule has 1 aromatic rings. The normalized spacial score (nSPS) is 22.4. The fraction of sp³-hybridized carbons (Fsp3) is 0.583. The average molecular weight is 240 g/mol. The van der Waals surface area contributed by atoms with Gasteiger partial charge in [-0.05, 0) is 25.6 Å². The summed E-state index contributed by atoms with van der Waals surface area (Å²) in [6.45, 7) is 8.88. The number of anilines is 1. The van der Waals surface area contributed by atoms with Gasteiger partial charge in [0, 0.05) is 37.6 Å². The maximum atomic E-state index is 5.91. The Hall–Kier alpha value is -0.800. The van der Waals surface area contributed by atoms with Crippen molar-refractivity contribution in [2.24, 2.45) is 0 Å². The van der Waals surface area contributed by atoms with Crippen LogP contribution in [-0.2, 0) is 0 Å². The molecule has 0 N–H and O–H groups in total. The van der Waals surface area contributed by atoms with Gasteiger partial charge in [0.25, 0.3) is 0 Å². The fourth-order valence-electron chi connectivity index (χ4n) is 2.29. The molecule has 0 saturated carbocycles. The topological polar surface area (TPSA) is 19.4 Å². The first kappa shape index (κ1) is 11.7. The van der Waals surface area contributed by atoms with E-state index < -0.39 is 0 Å². The quantitative estimate of drug-likeness (QED) is 0.739. The summed E-state index contributed by atoms with van der Waals surface area (Å²) in [4.78, 5) is 8.89. The maximum Gasteiger partial charge on any atom is 0.131 e. The number of pyridine rings is 1. The molecular formula is C12H18ClN3. The molecule has 0 aromatic carbocycles. The van der Waals surface area contributed by atoms with Crippen molar-refractivity contribution >= 4 is 17.3 Å². The summed E-state index contributed by atoms with van der Waals surface area (Å²) < 4.78 is 0. The highest BCUT2D eigenvalue weighted by molar-refractivity contribution is 6.29. The Morgan fingerprint density at radius 3 is 2.94 bits per heavy atom. The van der Waals surface area contributed by atoms with Gasteiger partial charge in [-0.1, -0.05) is 18.5 Å². The SMILES string of the molecule is CCN1CCN(c2ccnc(Cl)c2)CC1C. The van der Waals surface area contributed by atoms with E-state index in [0.29, 0.717) is 11.2 Å². The van der Waals surface area contributed by atoms with Gasteiger partial charge < -0.3 is 4.90 Å². The van der Waals surface area contributed by atoms with Gasteiger partial charge in [-0.15, -0.1) is 0 Å². The van der Waals surface area contributed by atoms with Crippen molar-refractivity contribution in [1.29, 1.82) is 0 Å². The third kappa shape index (κ3) is 2.47. The molecule has 0 radical (unpaired) electrons. The van der Waals surface area contributed by atoms with E-state index in [9.17, 15) is 0 Å². The lowest BCUT2D eigenvalue weighted by Crippen LogP contribution is -2.51. The summed E-state index contributed by atoms with van der Waals surface area (Å²) in [6, 6.07) is 4.57. The minimum absolute atomic E-state index is 0.572. The zero-order valence-electron chi connectivity index (χ0n) is 9.86. The number of hydrogen-bond donors (Lipinski definition) is 0. The fourth-order valence-corrected chi connectivity index (χ4v) is 2.46. The highest BCUT2D eigenvalue weighted by Gasteiger charge is 2.22. The average Bonchev–Trinajstić information content (AvgIpc) is 2.29. The van der Waals surface area contributed by atoms with Gasteiger partial charge in [-0.2, -0.15) is 0 Å². The minimum atomic E-state index is 0.572. The van der Waals surface area contributed by atoms with Crippen LogP contribution in [0.15, 0.2) is 18.3 Å². The predicted molar refractivity (Wildman–Crippen MR) is 68.2 cm³/mol. The Morgan fingerprint density at radius 2 is 2.31 bits per heavy atom. The van der Waals surface area contributed by atoms with Crippen LogP contribution < -0.4 is 4.90 Å². The molecule has 3 nitrogen and oxygen atoms in total. The van der Waals surface area contributed by atoms with E-state index in [2.05, 4.69) is 28.6 Å². The molecule has 0 bridgehead atoms. The number of aromatic nitrogens is 1. The monoisotopic (exact) mass is 239 g/mol. The van der Waals surface area contributed by atoms with E-state index in [1.165, 1.54) is 5.69 Å². The Morgan fingerprint density at radius 1 is 1.50 bits per heavy atom. The van der Waals surface area contributed by atoms with E-state index in [4.69, 9.17) is 11.6 Å². The van der Waals surface area contributed by atoms with Crippen LogP contribution in [0.25, 0.3) is 0 Å². The van der Waals surface area contributed by atoms with Crippen molar-refractivity contribution in [2.75, 3.05) is 31.1 Å². The Balaban J connectivity index is 2.07. The molecule has 0 amide bonds. The van der Waals surface area contributed by atoms with Crippen molar-refractivity contribution in [1.82, 2.24) is 9.88 Å². The molecule has 1 fully saturated rings. The van der Waals surface area contributed by atoms with Crippen LogP contribution in [0.2, 0.25) is 5.15 Å². The molecule has 0 spiro atoms. The first-order chi connectivity index (χ1) is 7.70. The molecule has 1 aromatic heterocycles. The van der Waals surface area contributed by atoms with Gasteiger partial charge in [-0.25, -0.2) is 4.98 Å². The van der Waals surface area contributed by atoms with Gasteiger partial charge in [-0.3, -0.25) is 4.90 Å². The lowest BCUT2D eigenvalue weighted by Gasteiger charge is -2.40. The highest BCUT2D eigenvalue weighted by Crippen LogP contribution is 2.20. The Bertz CT molecular complexity index is 356. The zero-order valence-corrected chi connectivity index (χ0v) is 10.6. The van der Waals surface area contributed by atoms with Crippen molar-refractivity contribution in [3.63, 3.8) is 0 Å². The minimum Gasteiger partial charge on any atom is -0.369 e. The van der Waals surface area contributed by atoms with Gasteiger partial charge >= 0.3 is 0 Å². The molecule has 88 valence electrons. The number of nitrogens with zero attached hydrogens (tertiary/aromatic N) is 3. The van der Waals surface area contributed by atoms with Crippen LogP contribution in [0.1, 0.15) is 13.8 Å². The van der Waals surface area contributed by atoms with Crippen LogP contribution >= 0.6 is 11.6 Å². The zero-order chi connectivity index (χ0) is 11.5. The number of likely N-dealkylation sites (N-methyl/N-ethyl adjacent to an activating group) is 1. The van der Waals surface area contributed by atoms with E-state index in [1.807, 2.05) is 12.1 Å². The number of halogens is 1. The van der Waals surface area contributed by atoms with Crippen LogP contribution in [0.4, 0.5) is 5.69 Å². The molecule has 4 heteroatoms. The molecule has 0 aliphatic carbocycles. The lowest BCUT2D eigenvalue weighted by molar-refractivity contribution is 0.199. The first-order valence-corrected chi connectivity index (χ1v) is 6.19. The van der Waals surface area contributed by atoms with E-state index >= 15 is 0 Å². The molecule has 1 unspecified atom stereocenters.